The van der Waals surface area contributed by atoms with Crippen LogP contribution in [0, 0.1) is 10.1 Å². The molecular formula is C24H18ClN3O6. The topological polar surface area (TPSA) is 128 Å². The molecule has 0 atom stereocenters. The molecule has 3 aromatic rings. The summed E-state index contributed by atoms with van der Waals surface area (Å²) in [5, 5.41) is 16.4. The zero-order valence-electron chi connectivity index (χ0n) is 17.8. The predicted molar refractivity (Wildman–Crippen MR) is 126 cm³/mol. The number of esters is 1. The van der Waals surface area contributed by atoms with E-state index in [2.05, 4.69) is 15.4 Å². The van der Waals surface area contributed by atoms with E-state index >= 15 is 0 Å². The number of non-ortho nitro benzene ring substituents is 1. The second-order valence-electron chi connectivity index (χ2n) is 6.87. The van der Waals surface area contributed by atoms with Gasteiger partial charge in [0.1, 0.15) is 5.70 Å². The third-order valence-electron chi connectivity index (χ3n) is 4.54. The van der Waals surface area contributed by atoms with E-state index in [0.29, 0.717) is 5.56 Å². The Morgan fingerprint density at radius 3 is 2.44 bits per heavy atom. The molecule has 10 heteroatoms. The number of methoxy groups -OCH3 is 1. The first-order chi connectivity index (χ1) is 16.3. The van der Waals surface area contributed by atoms with Crippen molar-refractivity contribution in [1.29, 1.82) is 0 Å². The van der Waals surface area contributed by atoms with Crippen LogP contribution in [0.25, 0.3) is 6.08 Å². The Hall–Kier alpha value is -4.50. The highest BCUT2D eigenvalue weighted by Gasteiger charge is 2.18. The number of nitro benzene ring substituents is 1. The van der Waals surface area contributed by atoms with Crippen LogP contribution >= 0.6 is 11.6 Å². The van der Waals surface area contributed by atoms with Gasteiger partial charge in [-0.15, -0.1) is 0 Å². The Balaban J connectivity index is 1.95. The van der Waals surface area contributed by atoms with E-state index in [-0.39, 0.29) is 33.2 Å². The maximum atomic E-state index is 13.1. The number of amides is 2. The number of nitro groups is 1. The van der Waals surface area contributed by atoms with Gasteiger partial charge in [-0.25, -0.2) is 4.79 Å². The smallest absolute Gasteiger partial charge is 0.337 e. The maximum absolute atomic E-state index is 13.1. The zero-order valence-corrected chi connectivity index (χ0v) is 18.5. The molecule has 0 saturated heterocycles. The lowest BCUT2D eigenvalue weighted by Crippen LogP contribution is -2.31. The summed E-state index contributed by atoms with van der Waals surface area (Å²) in [4.78, 5) is 48.2. The van der Waals surface area contributed by atoms with E-state index < -0.39 is 22.7 Å². The summed E-state index contributed by atoms with van der Waals surface area (Å²) >= 11 is 6.09. The first-order valence-electron chi connectivity index (χ1n) is 9.80. The molecule has 0 aliphatic carbocycles. The second-order valence-corrected chi connectivity index (χ2v) is 7.28. The van der Waals surface area contributed by atoms with Gasteiger partial charge in [-0.1, -0.05) is 41.9 Å². The summed E-state index contributed by atoms with van der Waals surface area (Å²) in [5.41, 5.74) is 0.539. The van der Waals surface area contributed by atoms with Crippen LogP contribution < -0.4 is 10.6 Å². The fourth-order valence-electron chi connectivity index (χ4n) is 2.93. The van der Waals surface area contributed by atoms with Crippen molar-refractivity contribution in [2.45, 2.75) is 0 Å². The van der Waals surface area contributed by atoms with Gasteiger partial charge >= 0.3 is 5.97 Å². The van der Waals surface area contributed by atoms with E-state index in [4.69, 9.17) is 11.6 Å². The average Bonchev–Trinajstić information content (AvgIpc) is 2.83. The Morgan fingerprint density at radius 1 is 1.00 bits per heavy atom. The standard InChI is InChI=1S/C24H18ClN3O6/c1-34-24(31)16-7-5-8-17(14-16)26-23(30)21(13-15-6-4-9-18(12-15)28(32)33)27-22(29)19-10-2-3-11-20(19)25/h2-14H,1H3,(H,26,30)(H,27,29)/b21-13-. The Bertz CT molecular complexity index is 1310. The number of ether oxygens (including phenoxy) is 1. The van der Waals surface area contributed by atoms with E-state index in [0.717, 1.165) is 0 Å². The Kier molecular flexibility index (Phi) is 7.73. The Labute approximate surface area is 199 Å². The molecular weight excluding hydrogens is 462 g/mol. The molecule has 0 aliphatic rings. The summed E-state index contributed by atoms with van der Waals surface area (Å²) in [5.74, 6) is -1.97. The van der Waals surface area contributed by atoms with Crippen molar-refractivity contribution >= 4 is 46.8 Å². The van der Waals surface area contributed by atoms with Gasteiger partial charge in [0.15, 0.2) is 0 Å². The third kappa shape index (κ3) is 6.05. The number of rotatable bonds is 7. The molecule has 0 bridgehead atoms. The van der Waals surface area contributed by atoms with Gasteiger partial charge in [-0.2, -0.15) is 0 Å². The van der Waals surface area contributed by atoms with E-state index in [1.165, 1.54) is 55.7 Å². The van der Waals surface area contributed by atoms with Crippen molar-refractivity contribution in [3.8, 4) is 0 Å². The highest BCUT2D eigenvalue weighted by atomic mass is 35.5. The highest BCUT2D eigenvalue weighted by molar-refractivity contribution is 6.34. The monoisotopic (exact) mass is 479 g/mol. The van der Waals surface area contributed by atoms with Crippen molar-refractivity contribution in [3.63, 3.8) is 0 Å². The molecule has 9 nitrogen and oxygen atoms in total. The number of anilines is 1. The lowest BCUT2D eigenvalue weighted by molar-refractivity contribution is -0.384. The minimum atomic E-state index is -0.728. The van der Waals surface area contributed by atoms with Crippen molar-refractivity contribution in [1.82, 2.24) is 5.32 Å². The maximum Gasteiger partial charge on any atom is 0.337 e. The number of benzene rings is 3. The van der Waals surface area contributed by atoms with Gasteiger partial charge in [0.25, 0.3) is 17.5 Å². The lowest BCUT2D eigenvalue weighted by Gasteiger charge is -2.12. The number of carbonyl (C=O) groups excluding carboxylic acids is 3. The summed E-state index contributed by atoms with van der Waals surface area (Å²) in [6, 6.07) is 17.9. The predicted octanol–water partition coefficient (Wildman–Crippen LogP) is 4.44. The number of nitrogens with zero attached hydrogens (tertiary/aromatic N) is 1. The van der Waals surface area contributed by atoms with E-state index in [1.807, 2.05) is 0 Å². The van der Waals surface area contributed by atoms with E-state index in [9.17, 15) is 24.5 Å². The summed E-state index contributed by atoms with van der Waals surface area (Å²) in [6.45, 7) is 0. The van der Waals surface area contributed by atoms with Gasteiger partial charge in [0.05, 0.1) is 28.2 Å². The molecule has 34 heavy (non-hydrogen) atoms. The lowest BCUT2D eigenvalue weighted by atomic mass is 10.1. The third-order valence-corrected chi connectivity index (χ3v) is 4.87. The molecule has 172 valence electrons. The Morgan fingerprint density at radius 2 is 1.74 bits per heavy atom. The number of halogens is 1. The van der Waals surface area contributed by atoms with Crippen LogP contribution in [0.5, 0.6) is 0 Å². The van der Waals surface area contributed by atoms with Crippen LogP contribution in [-0.2, 0) is 9.53 Å². The first kappa shape index (κ1) is 24.1. The second kappa shape index (κ2) is 10.9. The largest absolute Gasteiger partial charge is 0.465 e. The summed E-state index contributed by atoms with van der Waals surface area (Å²) < 4.78 is 4.68. The molecule has 3 rings (SSSR count). The van der Waals surface area contributed by atoms with Gasteiger partial charge in [-0.05, 0) is 42.0 Å². The van der Waals surface area contributed by atoms with Gasteiger partial charge in [0.2, 0.25) is 0 Å². The molecule has 0 saturated carbocycles. The van der Waals surface area contributed by atoms with Crippen LogP contribution in [0.1, 0.15) is 26.3 Å². The van der Waals surface area contributed by atoms with Crippen LogP contribution in [-0.4, -0.2) is 29.8 Å². The molecule has 2 N–H and O–H groups in total. The summed E-state index contributed by atoms with van der Waals surface area (Å²) in [6.07, 6.45) is 1.29. The summed E-state index contributed by atoms with van der Waals surface area (Å²) in [7, 11) is 1.23. The fourth-order valence-corrected chi connectivity index (χ4v) is 3.15. The first-order valence-corrected chi connectivity index (χ1v) is 10.2. The number of hydrogen-bond acceptors (Lipinski definition) is 6. The van der Waals surface area contributed by atoms with Crippen molar-refractivity contribution in [2.24, 2.45) is 0 Å². The quantitative estimate of drug-likeness (QED) is 0.223. The SMILES string of the molecule is COC(=O)c1cccc(NC(=O)/C(=C/c2cccc([N+](=O)[O-])c2)NC(=O)c2ccccc2Cl)c1. The normalized spacial score (nSPS) is 10.8. The van der Waals surface area contributed by atoms with Crippen LogP contribution in [0.3, 0.4) is 0 Å². The average molecular weight is 480 g/mol. The molecule has 0 aromatic heterocycles. The van der Waals surface area contributed by atoms with Crippen molar-refractivity contribution < 1.29 is 24.0 Å². The fraction of sp³-hybridized carbons (Fsp3) is 0.0417. The highest BCUT2D eigenvalue weighted by Crippen LogP contribution is 2.19. The molecule has 0 radical (unpaired) electrons. The molecule has 3 aromatic carbocycles. The van der Waals surface area contributed by atoms with Crippen LogP contribution in [0.15, 0.2) is 78.5 Å². The molecule has 0 spiro atoms. The van der Waals surface area contributed by atoms with E-state index in [1.54, 1.807) is 30.3 Å². The molecule has 2 amide bonds. The van der Waals surface area contributed by atoms with Crippen molar-refractivity contribution in [3.05, 3.63) is 110 Å². The zero-order chi connectivity index (χ0) is 24.7. The number of nitrogens with one attached hydrogen (secondary N) is 2. The number of carbonyl (C=O) groups is 3. The van der Waals surface area contributed by atoms with Gasteiger partial charge in [0, 0.05) is 17.8 Å². The molecule has 0 aliphatic heterocycles. The molecule has 0 heterocycles. The van der Waals surface area contributed by atoms with Crippen LogP contribution in [0.2, 0.25) is 5.02 Å². The van der Waals surface area contributed by atoms with Gasteiger partial charge < -0.3 is 15.4 Å². The number of hydrogen-bond donors (Lipinski definition) is 2. The van der Waals surface area contributed by atoms with Crippen LogP contribution in [0.4, 0.5) is 11.4 Å². The minimum Gasteiger partial charge on any atom is -0.465 e. The van der Waals surface area contributed by atoms with Crippen molar-refractivity contribution in [2.75, 3.05) is 12.4 Å². The molecule has 0 unspecified atom stereocenters. The molecule has 0 fully saturated rings. The minimum absolute atomic E-state index is 0.134. The van der Waals surface area contributed by atoms with Gasteiger partial charge in [-0.3, -0.25) is 19.7 Å².